The Morgan fingerprint density at radius 2 is 1.56 bits per heavy atom. The predicted octanol–water partition coefficient (Wildman–Crippen LogP) is 5.56. The van der Waals surface area contributed by atoms with Gasteiger partial charge < -0.3 is 63.2 Å². The third kappa shape index (κ3) is 14.5. The molecular formula is C55H89NO16. The Kier molecular flexibility index (Phi) is 22.6. The van der Waals surface area contributed by atoms with Gasteiger partial charge in [0.25, 0.3) is 11.7 Å². The number of rotatable bonds is 11. The highest BCUT2D eigenvalue weighted by atomic mass is 16.7. The molecule has 0 aromatic carbocycles. The number of fused-ring (bicyclic) bond motifs is 5. The number of ether oxygens (including phenoxy) is 8. The Balaban J connectivity index is 1.53. The van der Waals surface area contributed by atoms with Gasteiger partial charge in [-0.05, 0) is 114 Å². The minimum Gasteiger partial charge on any atom is -0.460 e. The van der Waals surface area contributed by atoms with Crippen molar-refractivity contribution in [3.63, 3.8) is 0 Å². The summed E-state index contributed by atoms with van der Waals surface area (Å²) in [7, 11) is 4.59. The minimum absolute atomic E-state index is 0.0396. The number of methoxy groups -OCH3 is 3. The van der Waals surface area contributed by atoms with Gasteiger partial charge in [0.15, 0.2) is 5.79 Å². The second kappa shape index (κ2) is 27.2. The molecule has 5 rings (SSSR count). The van der Waals surface area contributed by atoms with E-state index in [1.54, 1.807) is 41.1 Å². The summed E-state index contributed by atoms with van der Waals surface area (Å²) in [5.41, 5.74) is 1.17. The van der Waals surface area contributed by atoms with Gasteiger partial charge >= 0.3 is 5.97 Å². The van der Waals surface area contributed by atoms with Gasteiger partial charge in [0.1, 0.15) is 30.1 Å². The summed E-state index contributed by atoms with van der Waals surface area (Å²) in [5, 5.41) is 45.8. The van der Waals surface area contributed by atoms with Crippen LogP contribution in [-0.4, -0.2) is 169 Å². The Bertz CT molecular complexity index is 1890. The molecular weight excluding hydrogens is 931 g/mol. The molecule has 4 aliphatic heterocycles. The van der Waals surface area contributed by atoms with Crippen LogP contribution >= 0.6 is 0 Å². The SMILES string of the molecule is CCOC1/C=C/[C@H]2O[C@](O)([C@H](C)C[C@@H]2C)[C@@H](OC)[C@H](O)/C(C)=C/[C@@H](C)C(=O)C[C@@H]([C@H](C)C[C@@H]2CC[C@@H](OCCO)[C@H](OC)C2)OC(=O)[C@@H]2CCCCN2C(=O)C(=O)[C@]2(O)O[C@@H](CC[C@H]2C)C[C@H](OC)/C(C)=C/1. The van der Waals surface area contributed by atoms with Gasteiger partial charge in [-0.15, -0.1) is 0 Å². The molecule has 1 unspecified atom stereocenters. The summed E-state index contributed by atoms with van der Waals surface area (Å²) in [4.78, 5) is 58.9. The zero-order valence-electron chi connectivity index (χ0n) is 45.0. The second-order valence-electron chi connectivity index (χ2n) is 21.6. The highest BCUT2D eigenvalue weighted by Crippen LogP contribution is 2.42. The molecule has 17 nitrogen and oxygen atoms in total. The van der Waals surface area contributed by atoms with Crippen molar-refractivity contribution in [1.29, 1.82) is 0 Å². The first-order valence-corrected chi connectivity index (χ1v) is 26.7. The number of ketones is 2. The lowest BCUT2D eigenvalue weighted by Gasteiger charge is -2.48. The van der Waals surface area contributed by atoms with Crippen molar-refractivity contribution in [1.82, 2.24) is 4.90 Å². The van der Waals surface area contributed by atoms with Gasteiger partial charge in [-0.3, -0.25) is 14.4 Å². The molecule has 0 radical (unpaired) electrons. The largest absolute Gasteiger partial charge is 0.460 e. The molecule has 17 heteroatoms. The van der Waals surface area contributed by atoms with Crippen LogP contribution in [0, 0.1) is 35.5 Å². The number of aliphatic hydroxyl groups excluding tert-OH is 2. The van der Waals surface area contributed by atoms with Gasteiger partial charge in [-0.25, -0.2) is 4.79 Å². The molecule has 18 atom stereocenters. The van der Waals surface area contributed by atoms with Crippen LogP contribution in [0.3, 0.4) is 0 Å². The number of hydrogen-bond acceptors (Lipinski definition) is 16. The zero-order valence-corrected chi connectivity index (χ0v) is 45.0. The number of allylic oxidation sites excluding steroid dienone is 1. The third-order valence-electron chi connectivity index (χ3n) is 16.4. The Morgan fingerprint density at radius 3 is 2.22 bits per heavy atom. The lowest BCUT2D eigenvalue weighted by molar-refractivity contribution is -0.335. The number of amides is 1. The molecule has 410 valence electrons. The molecule has 0 aromatic heterocycles. The number of cyclic esters (lactones) is 1. The van der Waals surface area contributed by atoms with Gasteiger partial charge in [0.05, 0.1) is 49.8 Å². The van der Waals surface area contributed by atoms with Crippen molar-refractivity contribution in [3.05, 3.63) is 35.5 Å². The van der Waals surface area contributed by atoms with Crippen LogP contribution in [0.5, 0.6) is 0 Å². The second-order valence-corrected chi connectivity index (χ2v) is 21.6. The number of carbonyl (C=O) groups is 4. The molecule has 1 aliphatic carbocycles. The molecule has 1 saturated carbocycles. The number of carbonyl (C=O) groups excluding carboxylic acids is 4. The Morgan fingerprint density at radius 1 is 0.819 bits per heavy atom. The quantitative estimate of drug-likeness (QED) is 0.113. The topological polar surface area (TPSA) is 226 Å². The molecule has 72 heavy (non-hydrogen) atoms. The molecule has 4 N–H and O–H groups in total. The number of Topliss-reactive ketones (excluding diaryl/α,β-unsaturated/α-hetero) is 2. The number of aliphatic hydroxyl groups is 4. The first kappa shape index (κ1) is 59.9. The van der Waals surface area contributed by atoms with Crippen molar-refractivity contribution in [3.8, 4) is 0 Å². The summed E-state index contributed by atoms with van der Waals surface area (Å²) in [6.45, 7) is 15.2. The van der Waals surface area contributed by atoms with Crippen LogP contribution in [0.4, 0.5) is 0 Å². The van der Waals surface area contributed by atoms with Crippen molar-refractivity contribution in [2.75, 3.05) is 47.7 Å². The van der Waals surface area contributed by atoms with E-state index in [9.17, 15) is 39.6 Å². The molecule has 0 aromatic rings. The fourth-order valence-corrected chi connectivity index (χ4v) is 11.8. The van der Waals surface area contributed by atoms with Crippen molar-refractivity contribution >= 4 is 23.4 Å². The number of esters is 1. The monoisotopic (exact) mass is 1020 g/mol. The molecule has 4 bridgehead atoms. The van der Waals surface area contributed by atoms with Gasteiger partial charge in [0.2, 0.25) is 5.79 Å². The fraction of sp³-hybridized carbons (Fsp3) is 0.818. The van der Waals surface area contributed by atoms with E-state index in [1.807, 2.05) is 52.8 Å². The lowest BCUT2D eigenvalue weighted by atomic mass is 9.78. The van der Waals surface area contributed by atoms with Gasteiger partial charge in [0, 0.05) is 65.1 Å². The van der Waals surface area contributed by atoms with Crippen LogP contribution in [0.1, 0.15) is 132 Å². The maximum atomic E-state index is 14.6. The Labute approximate surface area is 428 Å². The van der Waals surface area contributed by atoms with E-state index in [1.165, 1.54) is 12.0 Å². The van der Waals surface area contributed by atoms with Crippen molar-refractivity contribution in [2.45, 2.75) is 205 Å². The molecule has 0 spiro atoms. The van der Waals surface area contributed by atoms with E-state index in [2.05, 4.69) is 0 Å². The maximum absolute atomic E-state index is 14.6. The summed E-state index contributed by atoms with van der Waals surface area (Å²) < 4.78 is 48.8. The lowest BCUT2D eigenvalue weighted by Crippen LogP contribution is -2.61. The fourth-order valence-electron chi connectivity index (χ4n) is 11.8. The standard InChI is InChI=1S/C55H89NO16/c1-12-68-40-19-21-44-33(3)26-38(8)55(64,72-44)51(67-11)49(59)36(6)25-32(2)43(58)31-47(34(4)27-39-17-20-45(69-24-23-57)48(29-39)66-10)70-53(62)42-15-13-14-22-56(42)52(61)50(60)54(63)37(7)16-18-41(71-54)30-46(65-9)35(5)28-40/h19,21,25,28,32-34,37-42,44-49,51,57,59,63-64H,12-18,20,22-24,26-27,29-31H2,1-11H3/b21-19+,35-28+,36-25+/t32-,33+,34-,37-,38-,39+,40?,41+,42+,44-,45-,46+,47+,48-,49-,51+,54-,55-/m1/s1. The third-order valence-corrected chi connectivity index (χ3v) is 16.4. The number of piperidine rings is 1. The summed E-state index contributed by atoms with van der Waals surface area (Å²) >= 11 is 0. The Hall–Kier alpha value is -2.94. The van der Waals surface area contributed by atoms with Crippen LogP contribution in [0.2, 0.25) is 0 Å². The normalized spacial score (nSPS) is 42.0. The van der Waals surface area contributed by atoms with Gasteiger partial charge in [-0.2, -0.15) is 0 Å². The molecule has 1 amide bonds. The van der Waals surface area contributed by atoms with E-state index in [-0.39, 0.29) is 74.8 Å². The van der Waals surface area contributed by atoms with Crippen LogP contribution < -0.4 is 0 Å². The highest BCUT2D eigenvalue weighted by Gasteiger charge is 2.54. The highest BCUT2D eigenvalue weighted by molar-refractivity contribution is 6.39. The summed E-state index contributed by atoms with van der Waals surface area (Å²) in [6, 6.07) is -1.16. The van der Waals surface area contributed by atoms with E-state index in [0.29, 0.717) is 63.5 Å². The van der Waals surface area contributed by atoms with Crippen molar-refractivity contribution < 1.29 is 77.5 Å². The average Bonchev–Trinajstić information content (AvgIpc) is 3.35. The van der Waals surface area contributed by atoms with Crippen LogP contribution in [0.15, 0.2) is 35.5 Å². The minimum atomic E-state index is -2.47. The number of nitrogens with zero attached hydrogens (tertiary/aromatic N) is 1. The smallest absolute Gasteiger partial charge is 0.329 e. The maximum Gasteiger partial charge on any atom is 0.329 e. The summed E-state index contributed by atoms with van der Waals surface area (Å²) in [6.07, 6.45) is 6.41. The summed E-state index contributed by atoms with van der Waals surface area (Å²) in [5.74, 6) is -9.86. The molecule has 3 saturated heterocycles. The first-order valence-electron chi connectivity index (χ1n) is 26.7. The first-order chi connectivity index (χ1) is 34.1. The number of hydrogen-bond donors (Lipinski definition) is 4. The zero-order chi connectivity index (χ0) is 53.1. The van der Waals surface area contributed by atoms with Crippen LogP contribution in [-0.2, 0) is 57.1 Å². The van der Waals surface area contributed by atoms with Crippen molar-refractivity contribution in [2.24, 2.45) is 35.5 Å². The molecule has 5 aliphatic rings. The van der Waals surface area contributed by atoms with E-state index in [4.69, 9.17) is 37.9 Å². The van der Waals surface area contributed by atoms with E-state index < -0.39 is 95.8 Å². The molecule has 4 heterocycles. The average molecular weight is 1020 g/mol. The predicted molar refractivity (Wildman–Crippen MR) is 267 cm³/mol. The molecule has 4 fully saturated rings. The van der Waals surface area contributed by atoms with E-state index >= 15 is 0 Å². The van der Waals surface area contributed by atoms with Gasteiger partial charge in [-0.1, -0.05) is 58.9 Å². The van der Waals surface area contributed by atoms with E-state index in [0.717, 1.165) is 12.0 Å². The van der Waals surface area contributed by atoms with Crippen LogP contribution in [0.25, 0.3) is 0 Å².